The molecule has 2 saturated carbocycles. The summed E-state index contributed by atoms with van der Waals surface area (Å²) in [5.41, 5.74) is 1.37. The predicted octanol–water partition coefficient (Wildman–Crippen LogP) is 3.31. The number of hydrogen-bond donors (Lipinski definition) is 1. The number of fused-ring (bicyclic) bond motifs is 1. The van der Waals surface area contributed by atoms with Crippen molar-refractivity contribution in [3.8, 4) is 0 Å². The van der Waals surface area contributed by atoms with Crippen LogP contribution in [0.5, 0.6) is 0 Å². The molecule has 0 saturated heterocycles. The number of nitro groups is 1. The van der Waals surface area contributed by atoms with Crippen molar-refractivity contribution in [1.29, 1.82) is 0 Å². The van der Waals surface area contributed by atoms with Gasteiger partial charge in [0, 0.05) is 34.8 Å². The van der Waals surface area contributed by atoms with Gasteiger partial charge in [-0.15, -0.1) is 11.8 Å². The van der Waals surface area contributed by atoms with Crippen LogP contribution in [-0.4, -0.2) is 22.3 Å². The SMILES string of the molecule is O=[N+]([O-])C1CCC(C2=CS[C@H]3CCCC[C@@H]3N2)CC1. The Morgan fingerprint density at radius 2 is 1.89 bits per heavy atom. The summed E-state index contributed by atoms with van der Waals surface area (Å²) in [5, 5.41) is 17.6. The fraction of sp³-hybridized carbons (Fsp3) is 0.857. The molecule has 4 nitrogen and oxygen atoms in total. The monoisotopic (exact) mass is 282 g/mol. The molecule has 2 aliphatic carbocycles. The average molecular weight is 282 g/mol. The minimum atomic E-state index is -0.296. The lowest BCUT2D eigenvalue weighted by Crippen LogP contribution is -2.44. The molecule has 1 aliphatic heterocycles. The van der Waals surface area contributed by atoms with Crippen LogP contribution in [0.2, 0.25) is 0 Å². The maximum atomic E-state index is 10.8. The summed E-state index contributed by atoms with van der Waals surface area (Å²) in [6, 6.07) is 0.350. The molecule has 0 spiro atoms. The van der Waals surface area contributed by atoms with Crippen LogP contribution in [0, 0.1) is 16.0 Å². The number of rotatable bonds is 2. The van der Waals surface area contributed by atoms with E-state index in [-0.39, 0.29) is 11.0 Å². The number of allylic oxidation sites excluding steroid dienone is 1. The first-order chi connectivity index (χ1) is 9.24. The summed E-state index contributed by atoms with van der Waals surface area (Å²) < 4.78 is 0. The van der Waals surface area contributed by atoms with Gasteiger partial charge in [-0.1, -0.05) is 12.8 Å². The predicted molar refractivity (Wildman–Crippen MR) is 77.6 cm³/mol. The third-order valence-corrected chi connectivity index (χ3v) is 6.16. The zero-order valence-electron chi connectivity index (χ0n) is 11.2. The van der Waals surface area contributed by atoms with Crippen molar-refractivity contribution >= 4 is 11.8 Å². The molecule has 0 aromatic carbocycles. The van der Waals surface area contributed by atoms with Crippen molar-refractivity contribution in [2.24, 2.45) is 5.92 Å². The summed E-state index contributed by atoms with van der Waals surface area (Å²) in [5.74, 6) is 0.534. The lowest BCUT2D eigenvalue weighted by atomic mass is 9.83. The van der Waals surface area contributed by atoms with Gasteiger partial charge in [0.25, 0.3) is 0 Å². The van der Waals surface area contributed by atoms with E-state index in [4.69, 9.17) is 0 Å². The smallest absolute Gasteiger partial charge is 0.213 e. The molecule has 0 aromatic rings. The van der Waals surface area contributed by atoms with Gasteiger partial charge in [-0.25, -0.2) is 0 Å². The summed E-state index contributed by atoms with van der Waals surface area (Å²) in [6.07, 6.45) is 8.78. The highest BCUT2D eigenvalue weighted by Gasteiger charge is 2.34. The summed E-state index contributed by atoms with van der Waals surface area (Å²) in [6.45, 7) is 0. The average Bonchev–Trinajstić information content (AvgIpc) is 2.47. The van der Waals surface area contributed by atoms with Crippen molar-refractivity contribution in [2.45, 2.75) is 68.7 Å². The molecule has 1 N–H and O–H groups in total. The minimum absolute atomic E-state index is 0.0924. The Kier molecular flexibility index (Phi) is 4.01. The second kappa shape index (κ2) is 5.73. The first kappa shape index (κ1) is 13.3. The molecule has 0 aromatic heterocycles. The van der Waals surface area contributed by atoms with Gasteiger partial charge in [0.15, 0.2) is 0 Å². The van der Waals surface area contributed by atoms with E-state index in [0.29, 0.717) is 12.0 Å². The maximum absolute atomic E-state index is 10.8. The van der Waals surface area contributed by atoms with E-state index < -0.39 is 0 Å². The number of nitrogens with zero attached hydrogens (tertiary/aromatic N) is 1. The van der Waals surface area contributed by atoms with Crippen molar-refractivity contribution in [1.82, 2.24) is 5.32 Å². The van der Waals surface area contributed by atoms with Crippen LogP contribution in [0.25, 0.3) is 0 Å². The molecular weight excluding hydrogens is 260 g/mol. The van der Waals surface area contributed by atoms with E-state index in [2.05, 4.69) is 10.7 Å². The van der Waals surface area contributed by atoms with Gasteiger partial charge < -0.3 is 5.32 Å². The van der Waals surface area contributed by atoms with Crippen molar-refractivity contribution < 1.29 is 4.92 Å². The molecule has 2 atom stereocenters. The lowest BCUT2D eigenvalue weighted by Gasteiger charge is -2.39. The summed E-state index contributed by atoms with van der Waals surface area (Å²) in [7, 11) is 0. The Morgan fingerprint density at radius 1 is 1.16 bits per heavy atom. The van der Waals surface area contributed by atoms with Crippen LogP contribution >= 0.6 is 11.8 Å². The van der Waals surface area contributed by atoms with E-state index in [1.165, 1.54) is 31.4 Å². The molecule has 3 rings (SSSR count). The number of thioether (sulfide) groups is 1. The molecule has 0 unspecified atom stereocenters. The summed E-state index contributed by atoms with van der Waals surface area (Å²) >= 11 is 2.00. The minimum Gasteiger partial charge on any atom is -0.384 e. The molecular formula is C14H22N2O2S. The molecule has 5 heteroatoms. The number of hydrogen-bond acceptors (Lipinski definition) is 4. The second-order valence-corrected chi connectivity index (χ2v) is 7.19. The normalized spacial score (nSPS) is 38.8. The zero-order chi connectivity index (χ0) is 13.2. The van der Waals surface area contributed by atoms with Crippen molar-refractivity contribution in [3.05, 3.63) is 21.2 Å². The van der Waals surface area contributed by atoms with Gasteiger partial charge in [0.1, 0.15) is 0 Å². The second-order valence-electron chi connectivity index (χ2n) is 6.07. The highest BCUT2D eigenvalue weighted by atomic mass is 32.2. The third kappa shape index (κ3) is 2.91. The van der Waals surface area contributed by atoms with Crippen molar-refractivity contribution in [2.75, 3.05) is 0 Å². The van der Waals surface area contributed by atoms with E-state index >= 15 is 0 Å². The standard InChI is InChI=1S/C14H22N2O2S/c17-16(18)11-7-5-10(6-8-11)13-9-19-14-4-2-1-3-12(14)15-13/h9-12,14-15H,1-8H2/t10?,11?,12-,14-/m0/s1. The first-order valence-corrected chi connectivity index (χ1v) is 8.44. The highest BCUT2D eigenvalue weighted by molar-refractivity contribution is 8.02. The molecule has 3 aliphatic rings. The van der Waals surface area contributed by atoms with Gasteiger partial charge in [-0.3, -0.25) is 10.1 Å². The Hall–Kier alpha value is -0.710. The first-order valence-electron chi connectivity index (χ1n) is 7.49. The van der Waals surface area contributed by atoms with Crippen LogP contribution in [0.4, 0.5) is 0 Å². The lowest BCUT2D eigenvalue weighted by molar-refractivity contribution is -0.526. The number of nitrogens with one attached hydrogen (secondary N) is 1. The van der Waals surface area contributed by atoms with Gasteiger partial charge in [0.05, 0.1) is 0 Å². The largest absolute Gasteiger partial charge is 0.384 e. The Balaban J connectivity index is 1.58. The van der Waals surface area contributed by atoms with Crippen LogP contribution in [0.3, 0.4) is 0 Å². The van der Waals surface area contributed by atoms with E-state index in [0.717, 1.165) is 30.9 Å². The fourth-order valence-electron chi connectivity index (χ4n) is 3.65. The quantitative estimate of drug-likeness (QED) is 0.623. The van der Waals surface area contributed by atoms with Crippen LogP contribution in [-0.2, 0) is 0 Å². The van der Waals surface area contributed by atoms with E-state index in [1.807, 2.05) is 11.8 Å². The topological polar surface area (TPSA) is 55.2 Å². The Labute approximate surface area is 118 Å². The highest BCUT2D eigenvalue weighted by Crippen LogP contribution is 2.38. The van der Waals surface area contributed by atoms with Crippen molar-refractivity contribution in [3.63, 3.8) is 0 Å². The van der Waals surface area contributed by atoms with Crippen LogP contribution in [0.1, 0.15) is 51.4 Å². The molecule has 1 heterocycles. The van der Waals surface area contributed by atoms with E-state index in [9.17, 15) is 10.1 Å². The van der Waals surface area contributed by atoms with Gasteiger partial charge in [-0.05, 0) is 37.0 Å². The van der Waals surface area contributed by atoms with Gasteiger partial charge in [-0.2, -0.15) is 0 Å². The molecule has 0 radical (unpaired) electrons. The fourth-order valence-corrected chi connectivity index (χ4v) is 4.92. The molecule has 2 fully saturated rings. The summed E-state index contributed by atoms with van der Waals surface area (Å²) in [4.78, 5) is 10.7. The zero-order valence-corrected chi connectivity index (χ0v) is 12.0. The van der Waals surface area contributed by atoms with E-state index in [1.54, 1.807) is 0 Å². The van der Waals surface area contributed by atoms with Gasteiger partial charge >= 0.3 is 0 Å². The van der Waals surface area contributed by atoms with Gasteiger partial charge in [0.2, 0.25) is 6.04 Å². The Morgan fingerprint density at radius 3 is 2.63 bits per heavy atom. The third-order valence-electron chi connectivity index (χ3n) is 4.86. The molecule has 0 bridgehead atoms. The Bertz CT molecular complexity index is 378. The van der Waals surface area contributed by atoms with Crippen LogP contribution < -0.4 is 5.32 Å². The molecule has 0 amide bonds. The molecule has 106 valence electrons. The maximum Gasteiger partial charge on any atom is 0.213 e. The molecule has 19 heavy (non-hydrogen) atoms. The van der Waals surface area contributed by atoms with Crippen LogP contribution in [0.15, 0.2) is 11.1 Å².